The summed E-state index contributed by atoms with van der Waals surface area (Å²) in [6, 6.07) is 0. The molecule has 0 aromatic heterocycles. The normalized spacial score (nSPS) is 38.7. The van der Waals surface area contributed by atoms with Crippen molar-refractivity contribution in [3.63, 3.8) is 0 Å². The smallest absolute Gasteiger partial charge is 0.0450 e. The highest BCUT2D eigenvalue weighted by Crippen LogP contribution is 2.55. The van der Waals surface area contributed by atoms with E-state index in [9.17, 15) is 0 Å². The first-order valence-corrected chi connectivity index (χ1v) is 2.86. The van der Waals surface area contributed by atoms with E-state index in [4.69, 9.17) is 0 Å². The molecule has 0 aromatic rings. The molecule has 0 heterocycles. The molecule has 2 aliphatic rings. The first-order chi connectivity index (χ1) is 3.33. The molecule has 0 nitrogen and oxygen atoms in total. The van der Waals surface area contributed by atoms with Gasteiger partial charge in [-0.2, -0.15) is 0 Å². The maximum atomic E-state index is 3.20. The van der Waals surface area contributed by atoms with E-state index in [2.05, 4.69) is 18.8 Å². The van der Waals surface area contributed by atoms with Crippen molar-refractivity contribution in [3.05, 3.63) is 0 Å². The average Bonchev–Trinajstić information content (AvgIpc) is 2.40. The van der Waals surface area contributed by atoms with Crippen LogP contribution in [0.5, 0.6) is 0 Å². The van der Waals surface area contributed by atoms with E-state index < -0.39 is 0 Å². The minimum Gasteiger partial charge on any atom is -0.0980 e. The number of hydrogen-bond donors (Lipinski definition) is 0. The van der Waals surface area contributed by atoms with Gasteiger partial charge in [0.05, 0.1) is 0 Å². The fraction of sp³-hybridized carbons (Fsp3) is 0.714. The van der Waals surface area contributed by atoms with E-state index in [1.807, 2.05) is 0 Å². The molecule has 2 aliphatic carbocycles. The van der Waals surface area contributed by atoms with Crippen molar-refractivity contribution < 1.29 is 0 Å². The Morgan fingerprint density at radius 2 is 2.29 bits per heavy atom. The number of rotatable bonds is 0. The van der Waals surface area contributed by atoms with Crippen molar-refractivity contribution in [2.24, 2.45) is 11.3 Å². The van der Waals surface area contributed by atoms with Crippen molar-refractivity contribution in [3.8, 4) is 11.8 Å². The minimum absolute atomic E-state index is 0.569. The Balaban J connectivity index is 2.34. The molecule has 0 amide bonds. The van der Waals surface area contributed by atoms with Crippen LogP contribution in [-0.2, 0) is 0 Å². The van der Waals surface area contributed by atoms with Gasteiger partial charge in [0.15, 0.2) is 0 Å². The number of hydrogen-bond acceptors (Lipinski definition) is 0. The predicted octanol–water partition coefficient (Wildman–Crippen LogP) is 1.42. The van der Waals surface area contributed by atoms with E-state index in [0.717, 1.165) is 5.92 Å². The standard InChI is InChI=1S/C7H8/c1-6-2-3-7(6)4-5-7/h6H,4-5H2,1H3. The topological polar surface area (TPSA) is 0 Å². The van der Waals surface area contributed by atoms with Gasteiger partial charge in [-0.05, 0) is 19.8 Å². The molecule has 0 saturated heterocycles. The summed E-state index contributed by atoms with van der Waals surface area (Å²) in [5.74, 6) is 7.04. The third-order valence-corrected chi connectivity index (χ3v) is 2.16. The molecule has 1 atom stereocenters. The molecule has 0 aromatic carbocycles. The SMILES string of the molecule is CC1C#CC12CC2. The second-order valence-electron chi connectivity index (χ2n) is 2.65. The van der Waals surface area contributed by atoms with Crippen LogP contribution in [0.2, 0.25) is 0 Å². The highest BCUT2D eigenvalue weighted by Gasteiger charge is 2.49. The van der Waals surface area contributed by atoms with Crippen LogP contribution in [0.3, 0.4) is 0 Å². The van der Waals surface area contributed by atoms with Crippen LogP contribution >= 0.6 is 0 Å². The van der Waals surface area contributed by atoms with Crippen LogP contribution in [-0.4, -0.2) is 0 Å². The summed E-state index contributed by atoms with van der Waals surface area (Å²) < 4.78 is 0. The Morgan fingerprint density at radius 1 is 1.57 bits per heavy atom. The molecule has 1 spiro atoms. The Kier molecular flexibility index (Phi) is 0.371. The first kappa shape index (κ1) is 3.55. The minimum atomic E-state index is 0.569. The van der Waals surface area contributed by atoms with E-state index in [1.165, 1.54) is 12.8 Å². The molecule has 36 valence electrons. The summed E-state index contributed by atoms with van der Waals surface area (Å²) in [5.41, 5.74) is 0.569. The zero-order chi connectivity index (χ0) is 4.91. The third kappa shape index (κ3) is 0.257. The lowest BCUT2D eigenvalue weighted by atomic mass is 9.84. The molecule has 0 bridgehead atoms. The summed E-state index contributed by atoms with van der Waals surface area (Å²) >= 11 is 0. The van der Waals surface area contributed by atoms with Crippen LogP contribution in [0.15, 0.2) is 0 Å². The molecular weight excluding hydrogens is 84.1 g/mol. The van der Waals surface area contributed by atoms with Gasteiger partial charge in [-0.15, -0.1) is 0 Å². The molecule has 0 N–H and O–H groups in total. The molecule has 7 heavy (non-hydrogen) atoms. The molecule has 0 heteroatoms. The summed E-state index contributed by atoms with van der Waals surface area (Å²) in [6.45, 7) is 2.23. The lowest BCUT2D eigenvalue weighted by Crippen LogP contribution is -2.15. The molecule has 2 rings (SSSR count). The fourth-order valence-corrected chi connectivity index (χ4v) is 1.11. The van der Waals surface area contributed by atoms with Crippen LogP contribution in [0.4, 0.5) is 0 Å². The molecule has 1 saturated carbocycles. The summed E-state index contributed by atoms with van der Waals surface area (Å²) in [5, 5.41) is 0. The highest BCUT2D eigenvalue weighted by atomic mass is 14.5. The van der Waals surface area contributed by atoms with Gasteiger partial charge < -0.3 is 0 Å². The van der Waals surface area contributed by atoms with Crippen LogP contribution < -0.4 is 0 Å². The van der Waals surface area contributed by atoms with Crippen molar-refractivity contribution in [1.29, 1.82) is 0 Å². The van der Waals surface area contributed by atoms with Crippen molar-refractivity contribution in [1.82, 2.24) is 0 Å². The fourth-order valence-electron chi connectivity index (χ4n) is 1.11. The van der Waals surface area contributed by atoms with Gasteiger partial charge >= 0.3 is 0 Å². The summed E-state index contributed by atoms with van der Waals surface area (Å²) in [4.78, 5) is 0. The van der Waals surface area contributed by atoms with E-state index in [-0.39, 0.29) is 0 Å². The third-order valence-electron chi connectivity index (χ3n) is 2.16. The maximum absolute atomic E-state index is 3.20. The molecule has 0 aliphatic heterocycles. The molecule has 1 unspecified atom stereocenters. The summed E-state index contributed by atoms with van der Waals surface area (Å²) in [7, 11) is 0. The lowest BCUT2D eigenvalue weighted by Gasteiger charge is -2.18. The quantitative estimate of drug-likeness (QED) is 0.396. The van der Waals surface area contributed by atoms with Gasteiger partial charge in [0, 0.05) is 11.3 Å². The summed E-state index contributed by atoms with van der Waals surface area (Å²) in [6.07, 6.45) is 2.75. The second kappa shape index (κ2) is 0.733. The van der Waals surface area contributed by atoms with Crippen molar-refractivity contribution in [2.75, 3.05) is 0 Å². The van der Waals surface area contributed by atoms with Crippen molar-refractivity contribution in [2.45, 2.75) is 19.8 Å². The Labute approximate surface area is 43.9 Å². The largest absolute Gasteiger partial charge is 0.0980 e. The Morgan fingerprint density at radius 3 is 2.29 bits per heavy atom. The second-order valence-corrected chi connectivity index (χ2v) is 2.65. The van der Waals surface area contributed by atoms with Crippen LogP contribution in [0, 0.1) is 23.2 Å². The molecule has 1 fully saturated rings. The zero-order valence-corrected chi connectivity index (χ0v) is 4.49. The zero-order valence-electron chi connectivity index (χ0n) is 4.49. The highest BCUT2D eigenvalue weighted by molar-refractivity contribution is 5.35. The van der Waals surface area contributed by atoms with Gasteiger partial charge in [-0.25, -0.2) is 0 Å². The lowest BCUT2D eigenvalue weighted by molar-refractivity contribution is 0.495. The van der Waals surface area contributed by atoms with Gasteiger partial charge in [0.25, 0.3) is 0 Å². The van der Waals surface area contributed by atoms with Crippen molar-refractivity contribution >= 4 is 0 Å². The molecule has 0 radical (unpaired) electrons. The van der Waals surface area contributed by atoms with Gasteiger partial charge in [0.1, 0.15) is 0 Å². The predicted molar refractivity (Wildman–Crippen MR) is 28.6 cm³/mol. The Bertz CT molecular complexity index is 153. The first-order valence-electron chi connectivity index (χ1n) is 2.86. The Hall–Kier alpha value is -0.440. The van der Waals surface area contributed by atoms with Gasteiger partial charge in [0.2, 0.25) is 0 Å². The van der Waals surface area contributed by atoms with Gasteiger partial charge in [-0.3, -0.25) is 0 Å². The van der Waals surface area contributed by atoms with E-state index in [1.54, 1.807) is 0 Å². The van der Waals surface area contributed by atoms with Crippen LogP contribution in [0.25, 0.3) is 0 Å². The van der Waals surface area contributed by atoms with E-state index in [0.29, 0.717) is 5.41 Å². The van der Waals surface area contributed by atoms with Gasteiger partial charge in [-0.1, -0.05) is 11.8 Å². The average molecular weight is 92.1 g/mol. The molecular formula is C7H8. The monoisotopic (exact) mass is 92.1 g/mol. The maximum Gasteiger partial charge on any atom is 0.0450 e. The van der Waals surface area contributed by atoms with Crippen LogP contribution in [0.1, 0.15) is 19.8 Å². The van der Waals surface area contributed by atoms with E-state index >= 15 is 0 Å².